The van der Waals surface area contributed by atoms with E-state index in [4.69, 9.17) is 51.7 Å². The summed E-state index contributed by atoms with van der Waals surface area (Å²) in [6.07, 6.45) is 8.07. The highest BCUT2D eigenvalue weighted by atomic mass is 35.5. The molecule has 2 rings (SSSR count). The Labute approximate surface area is 192 Å². The topological polar surface area (TPSA) is 79.0 Å². The van der Waals surface area contributed by atoms with Crippen LogP contribution in [0.3, 0.4) is 0 Å². The first-order chi connectivity index (χ1) is 12.2. The SMILES string of the molecule is C.C.CS(=O)(Cc1cnc(Cl)cc1Cl)=NC#N.CSCc1cnc(Cl)cc1Cl. The molecule has 0 amide bonds. The van der Waals surface area contributed by atoms with Crippen molar-refractivity contribution in [2.45, 2.75) is 26.4 Å². The molecule has 1 atom stereocenters. The molecule has 1 unspecified atom stereocenters. The number of aromatic nitrogens is 2. The minimum absolute atomic E-state index is 0. The lowest BCUT2D eigenvalue weighted by atomic mass is 10.3. The summed E-state index contributed by atoms with van der Waals surface area (Å²) in [5.41, 5.74) is 1.59. The van der Waals surface area contributed by atoms with Crippen LogP contribution in [0.5, 0.6) is 0 Å². The molecule has 0 aromatic carbocycles. The molecular formula is C17H22Cl4N4OS2. The summed E-state index contributed by atoms with van der Waals surface area (Å²) in [6.45, 7) is 0. The van der Waals surface area contributed by atoms with E-state index in [1.54, 1.807) is 24.0 Å². The first kappa shape index (κ1) is 29.5. The Kier molecular flexibility index (Phi) is 15.0. The minimum atomic E-state index is -2.57. The highest BCUT2D eigenvalue weighted by molar-refractivity contribution is 7.97. The van der Waals surface area contributed by atoms with Gasteiger partial charge in [-0.15, -0.1) is 4.36 Å². The molecule has 0 radical (unpaired) electrons. The van der Waals surface area contributed by atoms with Gasteiger partial charge in [0.25, 0.3) is 0 Å². The molecule has 0 spiro atoms. The Hall–Kier alpha value is -0.750. The maximum absolute atomic E-state index is 11.7. The number of halogens is 4. The van der Waals surface area contributed by atoms with Gasteiger partial charge in [-0.05, 0) is 24.0 Å². The monoisotopic (exact) mass is 502 g/mol. The van der Waals surface area contributed by atoms with Crippen molar-refractivity contribution in [3.05, 3.63) is 56.0 Å². The number of nitrogens with zero attached hydrogens (tertiary/aromatic N) is 4. The first-order valence-electron chi connectivity index (χ1n) is 6.85. The van der Waals surface area contributed by atoms with Crippen LogP contribution in [-0.4, -0.2) is 26.7 Å². The third kappa shape index (κ3) is 10.7. The number of rotatable bonds is 4. The van der Waals surface area contributed by atoms with Crippen molar-refractivity contribution < 1.29 is 4.21 Å². The Morgan fingerprint density at radius 1 is 1.07 bits per heavy atom. The van der Waals surface area contributed by atoms with Gasteiger partial charge >= 0.3 is 0 Å². The van der Waals surface area contributed by atoms with Crippen LogP contribution in [0.15, 0.2) is 28.9 Å². The van der Waals surface area contributed by atoms with Crippen LogP contribution in [0.2, 0.25) is 20.4 Å². The fourth-order valence-electron chi connectivity index (χ4n) is 1.65. The number of pyridine rings is 2. The Morgan fingerprint density at radius 3 is 1.93 bits per heavy atom. The normalized spacial score (nSPS) is 11.5. The second-order valence-corrected chi connectivity index (χ2v) is 9.77. The number of thioether (sulfide) groups is 1. The highest BCUT2D eigenvalue weighted by Crippen LogP contribution is 2.22. The van der Waals surface area contributed by atoms with Crippen molar-refractivity contribution in [3.63, 3.8) is 0 Å². The fraction of sp³-hybridized carbons (Fsp3) is 0.353. The molecule has 5 nitrogen and oxygen atoms in total. The lowest BCUT2D eigenvalue weighted by Crippen LogP contribution is -2.01. The maximum Gasteiger partial charge on any atom is 0.214 e. The molecule has 156 valence electrons. The van der Waals surface area contributed by atoms with Crippen molar-refractivity contribution in [1.29, 1.82) is 5.26 Å². The predicted molar refractivity (Wildman–Crippen MR) is 125 cm³/mol. The molecule has 28 heavy (non-hydrogen) atoms. The van der Waals surface area contributed by atoms with Gasteiger partial charge in [-0.25, -0.2) is 14.2 Å². The number of hydrogen-bond donors (Lipinski definition) is 0. The van der Waals surface area contributed by atoms with Crippen molar-refractivity contribution in [3.8, 4) is 6.19 Å². The van der Waals surface area contributed by atoms with Crippen molar-refractivity contribution in [2.75, 3.05) is 12.5 Å². The molecule has 0 fully saturated rings. The Bertz CT molecular complexity index is 926. The molecule has 2 aromatic rings. The van der Waals surface area contributed by atoms with E-state index in [9.17, 15) is 4.21 Å². The van der Waals surface area contributed by atoms with E-state index in [1.807, 2.05) is 6.26 Å². The average Bonchev–Trinajstić information content (AvgIpc) is 2.53. The summed E-state index contributed by atoms with van der Waals surface area (Å²) in [6, 6.07) is 3.12. The van der Waals surface area contributed by atoms with E-state index in [2.05, 4.69) is 14.3 Å². The third-order valence-corrected chi connectivity index (χ3v) is 5.78. The zero-order valence-corrected chi connectivity index (χ0v) is 18.4. The molecular weight excluding hydrogens is 482 g/mol. The van der Waals surface area contributed by atoms with Gasteiger partial charge in [0.1, 0.15) is 10.3 Å². The van der Waals surface area contributed by atoms with Crippen LogP contribution in [0.4, 0.5) is 0 Å². The van der Waals surface area contributed by atoms with E-state index in [1.165, 1.54) is 24.7 Å². The second-order valence-electron chi connectivity index (χ2n) is 4.92. The Balaban J connectivity index is 0. The van der Waals surface area contributed by atoms with Gasteiger partial charge in [0.2, 0.25) is 6.19 Å². The highest BCUT2D eigenvalue weighted by Gasteiger charge is 2.08. The standard InChI is InChI=1S/C8H7Cl2N3OS.C7H7Cl2NS.2CH4/c1-15(14,13-5-11)4-6-3-12-8(10)2-7(6)9;1-11-4-5-3-10-7(9)2-6(5)8;;/h2-3H,4H2,1H3;2-3H,4H2,1H3;2*1H4. The molecule has 0 N–H and O–H groups in total. The molecule has 0 saturated heterocycles. The molecule has 0 saturated carbocycles. The molecule has 0 aliphatic rings. The quantitative estimate of drug-likeness (QED) is 0.331. The van der Waals surface area contributed by atoms with Crippen LogP contribution in [-0.2, 0) is 21.2 Å². The molecule has 0 bridgehead atoms. The molecule has 2 aromatic heterocycles. The smallest absolute Gasteiger partial charge is 0.214 e. The second kappa shape index (κ2) is 14.3. The largest absolute Gasteiger partial charge is 0.249 e. The van der Waals surface area contributed by atoms with E-state index in [0.717, 1.165) is 11.3 Å². The minimum Gasteiger partial charge on any atom is -0.249 e. The average molecular weight is 504 g/mol. The summed E-state index contributed by atoms with van der Waals surface area (Å²) in [5.74, 6) is 0.965. The van der Waals surface area contributed by atoms with Crippen LogP contribution < -0.4 is 0 Å². The van der Waals surface area contributed by atoms with Gasteiger partial charge < -0.3 is 0 Å². The third-order valence-electron chi connectivity index (χ3n) is 2.75. The van der Waals surface area contributed by atoms with Crippen molar-refractivity contribution >= 4 is 67.9 Å². The van der Waals surface area contributed by atoms with Crippen LogP contribution in [0.25, 0.3) is 0 Å². The lowest BCUT2D eigenvalue weighted by Gasteiger charge is -2.04. The summed E-state index contributed by atoms with van der Waals surface area (Å²) >= 11 is 24.7. The van der Waals surface area contributed by atoms with Gasteiger partial charge in [-0.3, -0.25) is 0 Å². The van der Waals surface area contributed by atoms with E-state index >= 15 is 0 Å². The summed E-state index contributed by atoms with van der Waals surface area (Å²) < 4.78 is 15.0. The van der Waals surface area contributed by atoms with Crippen LogP contribution in [0, 0.1) is 11.5 Å². The van der Waals surface area contributed by atoms with E-state index in [-0.39, 0.29) is 25.8 Å². The van der Waals surface area contributed by atoms with Gasteiger partial charge in [-0.2, -0.15) is 17.0 Å². The van der Waals surface area contributed by atoms with Crippen molar-refractivity contribution in [1.82, 2.24) is 9.97 Å². The van der Waals surface area contributed by atoms with Crippen molar-refractivity contribution in [2.24, 2.45) is 4.36 Å². The summed E-state index contributed by atoms with van der Waals surface area (Å²) in [5, 5.41) is 10.1. The van der Waals surface area contributed by atoms with Gasteiger partial charge in [-0.1, -0.05) is 61.3 Å². The summed E-state index contributed by atoms with van der Waals surface area (Å²) in [7, 11) is -2.57. The maximum atomic E-state index is 11.7. The number of nitriles is 1. The molecule has 0 aliphatic heterocycles. The van der Waals surface area contributed by atoms with E-state index in [0.29, 0.717) is 20.8 Å². The Morgan fingerprint density at radius 2 is 1.54 bits per heavy atom. The fourth-order valence-corrected chi connectivity index (χ4v) is 4.26. The summed E-state index contributed by atoms with van der Waals surface area (Å²) in [4.78, 5) is 7.74. The molecule has 0 aliphatic carbocycles. The zero-order chi connectivity index (χ0) is 19.7. The predicted octanol–water partition coefficient (Wildman–Crippen LogP) is 6.99. The molecule has 11 heteroatoms. The van der Waals surface area contributed by atoms with Crippen LogP contribution in [0.1, 0.15) is 26.0 Å². The first-order valence-corrected chi connectivity index (χ1v) is 11.8. The van der Waals surface area contributed by atoms with Gasteiger partial charge in [0, 0.05) is 40.0 Å². The lowest BCUT2D eigenvalue weighted by molar-refractivity contribution is 0.680. The van der Waals surface area contributed by atoms with Crippen LogP contribution >= 0.6 is 58.2 Å². The van der Waals surface area contributed by atoms with Gasteiger partial charge in [0.05, 0.1) is 15.5 Å². The zero-order valence-electron chi connectivity index (χ0n) is 13.7. The molecule has 2 heterocycles. The van der Waals surface area contributed by atoms with E-state index < -0.39 is 9.73 Å². The van der Waals surface area contributed by atoms with Gasteiger partial charge in [0.15, 0.2) is 0 Å². The number of hydrogen-bond acceptors (Lipinski definition) is 6.